The fraction of sp³-hybridized carbons (Fsp3) is 0.333. The van der Waals surface area contributed by atoms with Gasteiger partial charge in [0.15, 0.2) is 6.10 Å². The molecule has 3 atom stereocenters. The minimum absolute atomic E-state index is 0.00547. The van der Waals surface area contributed by atoms with Gasteiger partial charge in [-0.1, -0.05) is 54.6 Å². The lowest BCUT2D eigenvalue weighted by molar-refractivity contribution is -0.202. The van der Waals surface area contributed by atoms with Crippen LogP contribution in [0.5, 0.6) is 5.75 Å². The molecule has 3 unspecified atom stereocenters. The van der Waals surface area contributed by atoms with Crippen LogP contribution < -0.4 is 15.4 Å². The van der Waals surface area contributed by atoms with Gasteiger partial charge >= 0.3 is 18.0 Å². The number of nitrogens with one attached hydrogen (secondary N) is 2. The van der Waals surface area contributed by atoms with Crippen LogP contribution in [0, 0.1) is 0 Å². The van der Waals surface area contributed by atoms with Crippen molar-refractivity contribution >= 4 is 29.6 Å². The predicted molar refractivity (Wildman–Crippen MR) is 160 cm³/mol. The lowest BCUT2D eigenvalue weighted by Crippen LogP contribution is -2.43. The van der Waals surface area contributed by atoms with Crippen LogP contribution in [-0.2, 0) is 35.2 Å². The number of ether oxygens (including phenoxy) is 4. The standard InChI is InChI=1S/C33H34N2O10/c1-19(37)43-21-15-29(32(39)40)45-31(16-21)44-28-11-10-20(17-36)14-27(28)35-30(38)12-13-34-33(41)42-18-26-24-8-4-2-6-22(24)23-7-3-5-9-25(23)26/h2-11,14,21,26,29,31,36H,12-13,15-18H2,1H3,(H,34,41)(H,35,38)(H,39,40). The molecule has 1 aliphatic heterocycles. The van der Waals surface area contributed by atoms with Crippen molar-refractivity contribution in [3.63, 3.8) is 0 Å². The SMILES string of the molecule is CC(=O)OC1CC(Oc2ccc(CO)cc2NC(=O)CCNC(=O)OCC2c3ccccc3-c3ccccc32)OC(C(=O)O)C1. The number of amides is 2. The number of fused-ring (bicyclic) bond motifs is 3. The van der Waals surface area contributed by atoms with E-state index in [0.29, 0.717) is 5.56 Å². The monoisotopic (exact) mass is 618 g/mol. The van der Waals surface area contributed by atoms with Gasteiger partial charge in [0.05, 0.1) is 12.3 Å². The third-order valence-electron chi connectivity index (χ3n) is 7.58. The number of esters is 1. The van der Waals surface area contributed by atoms with Gasteiger partial charge in [-0.05, 0) is 39.9 Å². The Morgan fingerprint density at radius 3 is 2.29 bits per heavy atom. The molecule has 45 heavy (non-hydrogen) atoms. The van der Waals surface area contributed by atoms with E-state index in [9.17, 15) is 29.4 Å². The summed E-state index contributed by atoms with van der Waals surface area (Å²) < 4.78 is 22.1. The Morgan fingerprint density at radius 2 is 1.64 bits per heavy atom. The van der Waals surface area contributed by atoms with E-state index < -0.39 is 42.4 Å². The number of aliphatic hydroxyl groups is 1. The number of carbonyl (C=O) groups excluding carboxylic acids is 3. The number of carboxylic acid groups (broad SMARTS) is 1. The van der Waals surface area contributed by atoms with E-state index >= 15 is 0 Å². The highest BCUT2D eigenvalue weighted by Crippen LogP contribution is 2.44. The first kappa shape index (κ1) is 31.5. The maximum Gasteiger partial charge on any atom is 0.407 e. The Labute approximate surface area is 259 Å². The first-order valence-electron chi connectivity index (χ1n) is 14.6. The summed E-state index contributed by atoms with van der Waals surface area (Å²) in [5, 5.41) is 24.4. The molecule has 0 radical (unpaired) electrons. The predicted octanol–water partition coefficient (Wildman–Crippen LogP) is 3.95. The van der Waals surface area contributed by atoms with E-state index in [1.807, 2.05) is 48.5 Å². The quantitative estimate of drug-likeness (QED) is 0.231. The highest BCUT2D eigenvalue weighted by atomic mass is 16.7. The maximum atomic E-state index is 12.8. The van der Waals surface area contributed by atoms with E-state index in [1.54, 1.807) is 6.07 Å². The van der Waals surface area contributed by atoms with Crippen LogP contribution in [0.2, 0.25) is 0 Å². The van der Waals surface area contributed by atoms with Crippen LogP contribution in [0.15, 0.2) is 66.7 Å². The van der Waals surface area contributed by atoms with E-state index in [-0.39, 0.29) is 56.4 Å². The Balaban J connectivity index is 1.15. The molecule has 12 nitrogen and oxygen atoms in total. The van der Waals surface area contributed by atoms with Crippen molar-refractivity contribution < 1.29 is 48.3 Å². The normalized spacial score (nSPS) is 18.7. The number of benzene rings is 3. The van der Waals surface area contributed by atoms with Crippen molar-refractivity contribution in [2.75, 3.05) is 18.5 Å². The molecule has 3 aromatic rings. The van der Waals surface area contributed by atoms with E-state index in [1.165, 1.54) is 19.1 Å². The number of alkyl carbamates (subject to hydrolysis) is 1. The van der Waals surface area contributed by atoms with Crippen molar-refractivity contribution in [3.8, 4) is 16.9 Å². The molecule has 12 heteroatoms. The summed E-state index contributed by atoms with van der Waals surface area (Å²) >= 11 is 0. The topological polar surface area (TPSA) is 170 Å². The Kier molecular flexibility index (Phi) is 9.95. The molecular formula is C33H34N2O10. The van der Waals surface area contributed by atoms with Gasteiger partial charge < -0.3 is 39.8 Å². The molecule has 1 fully saturated rings. The zero-order valence-corrected chi connectivity index (χ0v) is 24.6. The molecule has 0 aromatic heterocycles. The molecule has 1 saturated heterocycles. The molecular weight excluding hydrogens is 584 g/mol. The fourth-order valence-electron chi connectivity index (χ4n) is 5.57. The van der Waals surface area contributed by atoms with Gasteiger partial charge in [0.25, 0.3) is 0 Å². The number of carbonyl (C=O) groups is 4. The van der Waals surface area contributed by atoms with Crippen molar-refractivity contribution in [1.29, 1.82) is 0 Å². The molecule has 1 aliphatic carbocycles. The summed E-state index contributed by atoms with van der Waals surface area (Å²) in [6.45, 7) is 1.06. The van der Waals surface area contributed by atoms with Gasteiger partial charge in [0.1, 0.15) is 18.5 Å². The molecule has 236 valence electrons. The number of hydrogen-bond acceptors (Lipinski definition) is 9. The Morgan fingerprint density at radius 1 is 0.956 bits per heavy atom. The average molecular weight is 619 g/mol. The zero-order chi connectivity index (χ0) is 31.9. The minimum atomic E-state index is -1.26. The van der Waals surface area contributed by atoms with Crippen LogP contribution in [0.4, 0.5) is 10.5 Å². The lowest BCUT2D eigenvalue weighted by atomic mass is 9.98. The molecule has 0 bridgehead atoms. The van der Waals surface area contributed by atoms with Crippen molar-refractivity contribution in [2.24, 2.45) is 0 Å². The van der Waals surface area contributed by atoms with Crippen LogP contribution in [-0.4, -0.2) is 65.8 Å². The van der Waals surface area contributed by atoms with Crippen LogP contribution in [0.25, 0.3) is 11.1 Å². The summed E-state index contributed by atoms with van der Waals surface area (Å²) in [7, 11) is 0. The molecule has 3 aromatic carbocycles. The first-order valence-corrected chi connectivity index (χ1v) is 14.6. The molecule has 0 saturated carbocycles. The highest BCUT2D eigenvalue weighted by molar-refractivity contribution is 5.92. The number of anilines is 1. The third kappa shape index (κ3) is 7.78. The van der Waals surface area contributed by atoms with Crippen LogP contribution in [0.1, 0.15) is 48.8 Å². The van der Waals surface area contributed by atoms with Gasteiger partial charge in [0.2, 0.25) is 12.2 Å². The highest BCUT2D eigenvalue weighted by Gasteiger charge is 2.37. The number of carboxylic acids is 1. The van der Waals surface area contributed by atoms with E-state index in [2.05, 4.69) is 10.6 Å². The van der Waals surface area contributed by atoms with Crippen LogP contribution in [0.3, 0.4) is 0 Å². The van der Waals surface area contributed by atoms with Gasteiger partial charge in [-0.25, -0.2) is 9.59 Å². The molecule has 5 rings (SSSR count). The summed E-state index contributed by atoms with van der Waals surface area (Å²) in [4.78, 5) is 48.3. The smallest absolute Gasteiger partial charge is 0.407 e. The van der Waals surface area contributed by atoms with Crippen molar-refractivity contribution in [3.05, 3.63) is 83.4 Å². The molecule has 2 amide bonds. The summed E-state index contributed by atoms with van der Waals surface area (Å²) in [5.41, 5.74) is 5.11. The molecule has 0 spiro atoms. The minimum Gasteiger partial charge on any atom is -0.479 e. The number of aliphatic carboxylic acids is 1. The fourth-order valence-corrected chi connectivity index (χ4v) is 5.57. The largest absolute Gasteiger partial charge is 0.479 e. The van der Waals surface area contributed by atoms with E-state index in [0.717, 1.165) is 22.3 Å². The molecule has 2 aliphatic rings. The number of aliphatic hydroxyl groups excluding tert-OH is 1. The first-order chi connectivity index (χ1) is 21.7. The Bertz CT molecular complexity index is 1530. The molecule has 4 N–H and O–H groups in total. The number of hydrogen-bond donors (Lipinski definition) is 4. The van der Waals surface area contributed by atoms with Gasteiger partial charge in [-0.3, -0.25) is 9.59 Å². The zero-order valence-electron chi connectivity index (χ0n) is 24.6. The maximum absolute atomic E-state index is 12.8. The second kappa shape index (κ2) is 14.2. The van der Waals surface area contributed by atoms with Gasteiger partial charge in [-0.2, -0.15) is 0 Å². The Hall–Kier alpha value is -4.94. The van der Waals surface area contributed by atoms with E-state index in [4.69, 9.17) is 18.9 Å². The van der Waals surface area contributed by atoms with Gasteiger partial charge in [-0.15, -0.1) is 0 Å². The lowest BCUT2D eigenvalue weighted by Gasteiger charge is -2.33. The van der Waals surface area contributed by atoms with Gasteiger partial charge in [0, 0.05) is 38.6 Å². The summed E-state index contributed by atoms with van der Waals surface area (Å²) in [6, 6.07) is 20.6. The third-order valence-corrected chi connectivity index (χ3v) is 7.58. The summed E-state index contributed by atoms with van der Waals surface area (Å²) in [6.07, 6.45) is -3.78. The average Bonchev–Trinajstić information content (AvgIpc) is 3.34. The van der Waals surface area contributed by atoms with Crippen LogP contribution >= 0.6 is 0 Å². The number of rotatable bonds is 11. The second-order valence-electron chi connectivity index (χ2n) is 10.8. The summed E-state index contributed by atoms with van der Waals surface area (Å²) in [5.74, 6) is -2.18. The van der Waals surface area contributed by atoms with Crippen molar-refractivity contribution in [1.82, 2.24) is 5.32 Å². The molecule has 1 heterocycles. The van der Waals surface area contributed by atoms with Crippen molar-refractivity contribution in [2.45, 2.75) is 57.2 Å². The second-order valence-corrected chi connectivity index (χ2v) is 10.8.